The van der Waals surface area contributed by atoms with Crippen molar-refractivity contribution in [2.24, 2.45) is 34.5 Å². The SMILES string of the molecule is COCC(=O)[C@H]1CC=C2[C@@H]3CC[C@H]4C[C@@H](OC(C)=O)CC[C@]4(C)[C@H]3CC[C@@]21C. The predicted molar refractivity (Wildman–Crippen MR) is 108 cm³/mol. The highest BCUT2D eigenvalue weighted by molar-refractivity contribution is 5.84. The van der Waals surface area contributed by atoms with Crippen LogP contribution in [0.25, 0.3) is 0 Å². The second-order valence-corrected chi connectivity index (χ2v) is 10.3. The first-order valence-electron chi connectivity index (χ1n) is 11.2. The Morgan fingerprint density at radius 2 is 1.93 bits per heavy atom. The largest absolute Gasteiger partial charge is 0.463 e. The lowest BCUT2D eigenvalue weighted by molar-refractivity contribution is -0.155. The molecule has 4 nitrogen and oxygen atoms in total. The normalized spacial score (nSPS) is 44.7. The zero-order chi connectivity index (χ0) is 20.1. The van der Waals surface area contributed by atoms with Gasteiger partial charge in [0, 0.05) is 20.0 Å². The van der Waals surface area contributed by atoms with Crippen LogP contribution in [0, 0.1) is 34.5 Å². The van der Waals surface area contributed by atoms with Gasteiger partial charge in [-0.05, 0) is 80.0 Å². The average molecular weight is 389 g/mol. The van der Waals surface area contributed by atoms with Crippen molar-refractivity contribution in [3.8, 4) is 0 Å². The number of methoxy groups -OCH3 is 1. The summed E-state index contributed by atoms with van der Waals surface area (Å²) in [4.78, 5) is 24.1. The monoisotopic (exact) mass is 388 g/mol. The van der Waals surface area contributed by atoms with Crippen LogP contribution < -0.4 is 0 Å². The van der Waals surface area contributed by atoms with Crippen LogP contribution in [-0.2, 0) is 19.1 Å². The van der Waals surface area contributed by atoms with Gasteiger partial charge in [-0.1, -0.05) is 25.5 Å². The van der Waals surface area contributed by atoms with E-state index in [0.717, 1.165) is 32.1 Å². The quantitative estimate of drug-likeness (QED) is 0.517. The standard InChI is InChI=1S/C24H36O4/c1-15(25)28-17-9-11-23(2)16(13-17)5-6-18-19-7-8-21(22(26)14-27-4)24(19,3)12-10-20(18)23/h7,16-18,20-21H,5-6,8-14H2,1-4H3/t16-,17-,18-,20-,21+,23-,24-/m0/s1. The second kappa shape index (κ2) is 7.27. The van der Waals surface area contributed by atoms with Crippen LogP contribution >= 0.6 is 0 Å². The number of allylic oxidation sites excluding steroid dienone is 2. The number of fused-ring (bicyclic) bond motifs is 5. The number of ether oxygens (including phenoxy) is 2. The van der Waals surface area contributed by atoms with E-state index in [9.17, 15) is 9.59 Å². The molecule has 156 valence electrons. The topological polar surface area (TPSA) is 52.6 Å². The summed E-state index contributed by atoms with van der Waals surface area (Å²) in [5.74, 6) is 2.23. The highest BCUT2D eigenvalue weighted by Crippen LogP contribution is 2.66. The predicted octanol–water partition coefficient (Wildman–Crippen LogP) is 4.71. The Morgan fingerprint density at radius 1 is 1.14 bits per heavy atom. The molecule has 0 spiro atoms. The molecule has 4 aliphatic rings. The molecular formula is C24H36O4. The van der Waals surface area contributed by atoms with E-state index in [1.807, 2.05) is 0 Å². The number of rotatable bonds is 4. The van der Waals surface area contributed by atoms with E-state index in [1.165, 1.54) is 26.2 Å². The summed E-state index contributed by atoms with van der Waals surface area (Å²) in [6, 6.07) is 0. The van der Waals surface area contributed by atoms with E-state index < -0.39 is 0 Å². The van der Waals surface area contributed by atoms with Crippen molar-refractivity contribution < 1.29 is 19.1 Å². The van der Waals surface area contributed by atoms with Crippen LogP contribution in [0.3, 0.4) is 0 Å². The maximum atomic E-state index is 12.7. The minimum absolute atomic E-state index is 0.0366. The van der Waals surface area contributed by atoms with Gasteiger partial charge in [0.15, 0.2) is 5.78 Å². The van der Waals surface area contributed by atoms with Crippen molar-refractivity contribution >= 4 is 11.8 Å². The first-order chi connectivity index (χ1) is 13.3. The second-order valence-electron chi connectivity index (χ2n) is 10.3. The summed E-state index contributed by atoms with van der Waals surface area (Å²) in [7, 11) is 1.62. The van der Waals surface area contributed by atoms with Crippen molar-refractivity contribution in [3.05, 3.63) is 11.6 Å². The maximum Gasteiger partial charge on any atom is 0.302 e. The van der Waals surface area contributed by atoms with Gasteiger partial charge in [-0.2, -0.15) is 0 Å². The number of hydrogen-bond acceptors (Lipinski definition) is 4. The van der Waals surface area contributed by atoms with Crippen molar-refractivity contribution in [1.82, 2.24) is 0 Å². The summed E-state index contributed by atoms with van der Waals surface area (Å²) in [5.41, 5.74) is 1.96. The van der Waals surface area contributed by atoms with E-state index in [0.29, 0.717) is 23.2 Å². The molecule has 0 saturated heterocycles. The molecule has 0 heterocycles. The van der Waals surface area contributed by atoms with Gasteiger partial charge in [-0.25, -0.2) is 0 Å². The molecule has 0 radical (unpaired) electrons. The molecule has 4 rings (SSSR count). The average Bonchev–Trinajstić information content (AvgIpc) is 2.99. The number of ketones is 1. The van der Waals surface area contributed by atoms with Gasteiger partial charge in [0.05, 0.1) is 0 Å². The lowest BCUT2D eigenvalue weighted by Crippen LogP contribution is -2.52. The Hall–Kier alpha value is -1.16. The summed E-state index contributed by atoms with van der Waals surface area (Å²) >= 11 is 0. The minimum Gasteiger partial charge on any atom is -0.463 e. The Morgan fingerprint density at radius 3 is 2.64 bits per heavy atom. The van der Waals surface area contributed by atoms with Gasteiger partial charge < -0.3 is 9.47 Å². The molecule has 0 N–H and O–H groups in total. The molecule has 0 unspecified atom stereocenters. The van der Waals surface area contributed by atoms with Crippen molar-refractivity contribution in [3.63, 3.8) is 0 Å². The molecule has 0 aromatic carbocycles. The van der Waals surface area contributed by atoms with E-state index in [1.54, 1.807) is 12.7 Å². The lowest BCUT2D eigenvalue weighted by atomic mass is 9.46. The fourth-order valence-corrected chi connectivity index (χ4v) is 7.62. The van der Waals surface area contributed by atoms with Gasteiger partial charge in [0.25, 0.3) is 0 Å². The van der Waals surface area contributed by atoms with Crippen LogP contribution in [0.15, 0.2) is 11.6 Å². The Bertz CT molecular complexity index is 682. The van der Waals surface area contributed by atoms with Crippen LogP contribution in [0.4, 0.5) is 0 Å². The van der Waals surface area contributed by atoms with Gasteiger partial charge in [-0.3, -0.25) is 9.59 Å². The van der Waals surface area contributed by atoms with Gasteiger partial charge in [0.2, 0.25) is 0 Å². The first kappa shape index (κ1) is 20.1. The van der Waals surface area contributed by atoms with Crippen molar-refractivity contribution in [2.45, 2.75) is 78.2 Å². The molecule has 3 saturated carbocycles. The van der Waals surface area contributed by atoms with Crippen LogP contribution in [-0.4, -0.2) is 31.6 Å². The maximum absolute atomic E-state index is 12.7. The van der Waals surface area contributed by atoms with E-state index >= 15 is 0 Å². The Balaban J connectivity index is 1.52. The van der Waals surface area contributed by atoms with Gasteiger partial charge in [0.1, 0.15) is 12.7 Å². The zero-order valence-electron chi connectivity index (χ0n) is 18.0. The first-order valence-corrected chi connectivity index (χ1v) is 11.2. The molecule has 0 aliphatic heterocycles. The molecule has 0 amide bonds. The molecule has 4 aliphatic carbocycles. The third kappa shape index (κ3) is 3.07. The van der Waals surface area contributed by atoms with E-state index in [2.05, 4.69) is 19.9 Å². The third-order valence-corrected chi connectivity index (χ3v) is 9.03. The fourth-order valence-electron chi connectivity index (χ4n) is 7.62. The molecule has 3 fully saturated rings. The smallest absolute Gasteiger partial charge is 0.302 e. The minimum atomic E-state index is -0.140. The molecule has 0 aromatic heterocycles. The fraction of sp³-hybridized carbons (Fsp3) is 0.833. The zero-order valence-corrected chi connectivity index (χ0v) is 18.0. The molecular weight excluding hydrogens is 352 g/mol. The summed E-state index contributed by atoms with van der Waals surface area (Å²) in [6.45, 7) is 6.61. The highest BCUT2D eigenvalue weighted by Gasteiger charge is 2.58. The summed E-state index contributed by atoms with van der Waals surface area (Å²) < 4.78 is 10.7. The molecule has 28 heavy (non-hydrogen) atoms. The molecule has 4 heteroatoms. The summed E-state index contributed by atoms with van der Waals surface area (Å²) in [6.07, 6.45) is 11.4. The number of carbonyl (C=O) groups excluding carboxylic acids is 2. The van der Waals surface area contributed by atoms with E-state index in [-0.39, 0.29) is 35.8 Å². The highest BCUT2D eigenvalue weighted by atomic mass is 16.5. The van der Waals surface area contributed by atoms with Gasteiger partial charge in [-0.15, -0.1) is 0 Å². The number of hydrogen-bond donors (Lipinski definition) is 0. The van der Waals surface area contributed by atoms with E-state index in [4.69, 9.17) is 9.47 Å². The van der Waals surface area contributed by atoms with Gasteiger partial charge >= 0.3 is 5.97 Å². The lowest BCUT2D eigenvalue weighted by Gasteiger charge is -2.59. The Labute approximate surface area is 169 Å². The number of carbonyl (C=O) groups is 2. The molecule has 0 bridgehead atoms. The van der Waals surface area contributed by atoms with Crippen LogP contribution in [0.2, 0.25) is 0 Å². The number of Topliss-reactive ketones (excluding diaryl/α,β-unsaturated/α-hetero) is 1. The van der Waals surface area contributed by atoms with Crippen molar-refractivity contribution in [1.29, 1.82) is 0 Å². The Kier molecular flexibility index (Phi) is 5.22. The number of esters is 1. The third-order valence-electron chi connectivity index (χ3n) is 9.03. The van der Waals surface area contributed by atoms with Crippen LogP contribution in [0.5, 0.6) is 0 Å². The summed E-state index contributed by atoms with van der Waals surface area (Å²) in [5, 5.41) is 0. The van der Waals surface area contributed by atoms with Crippen LogP contribution in [0.1, 0.15) is 72.1 Å². The van der Waals surface area contributed by atoms with Crippen molar-refractivity contribution in [2.75, 3.05) is 13.7 Å². The molecule has 7 atom stereocenters. The molecule has 0 aromatic rings.